The van der Waals surface area contributed by atoms with Gasteiger partial charge in [-0.05, 0) is 0 Å². The van der Waals surface area contributed by atoms with E-state index in [-0.39, 0.29) is 0 Å². The van der Waals surface area contributed by atoms with Crippen molar-refractivity contribution in [1.29, 1.82) is 0 Å². The van der Waals surface area contributed by atoms with Gasteiger partial charge in [-0.2, -0.15) is 0 Å². The lowest BCUT2D eigenvalue weighted by atomic mass is 10.0. The molecule has 86 valence electrons. The van der Waals surface area contributed by atoms with Crippen LogP contribution in [0.25, 0.3) is 22.5 Å². The Bertz CT molecular complexity index is 578. The number of hydrogen-bond donors (Lipinski definition) is 0. The van der Waals surface area contributed by atoms with Crippen molar-refractivity contribution in [2.45, 2.75) is 0 Å². The van der Waals surface area contributed by atoms with E-state index in [2.05, 4.69) is 15.2 Å². The molecule has 3 nitrogen and oxygen atoms in total. The highest BCUT2D eigenvalue weighted by atomic mass is 15.1. The molecule has 0 amide bonds. The minimum Gasteiger partial charge on any atom is -0.232 e. The van der Waals surface area contributed by atoms with E-state index in [0.717, 1.165) is 22.5 Å². The molecular weight excluding hydrogens is 222 g/mol. The van der Waals surface area contributed by atoms with E-state index in [1.54, 1.807) is 0 Å². The maximum absolute atomic E-state index is 4.35. The van der Waals surface area contributed by atoms with E-state index >= 15 is 0 Å². The minimum absolute atomic E-state index is 0.810. The fourth-order valence-corrected chi connectivity index (χ4v) is 1.87. The summed E-state index contributed by atoms with van der Waals surface area (Å²) in [5.74, 6) is 0. The molecule has 1 heterocycles. The lowest BCUT2D eigenvalue weighted by molar-refractivity contribution is 0.981. The fraction of sp³-hybridized carbons (Fsp3) is 0. The molecule has 0 aliphatic rings. The predicted octanol–water partition coefficient (Wildman–Crippen LogP) is 3.21. The molecule has 3 aromatic rings. The van der Waals surface area contributed by atoms with Crippen molar-refractivity contribution in [2.75, 3.05) is 0 Å². The second kappa shape index (κ2) is 4.75. The van der Waals surface area contributed by atoms with Gasteiger partial charge >= 0.3 is 0 Å². The molecule has 0 atom stereocenters. The molecule has 1 aromatic heterocycles. The molecular formula is C15H11N3. The smallest absolute Gasteiger partial charge is 0.138 e. The lowest BCUT2D eigenvalue weighted by Crippen LogP contribution is -1.94. The standard InChI is InChI=1S/C15H11N3/c1-3-7-12(8-4-1)14-15(18-17-11-16-14)13-9-5-2-6-10-13/h1-11H. The van der Waals surface area contributed by atoms with E-state index in [1.807, 2.05) is 60.7 Å². The third kappa shape index (κ3) is 1.98. The number of aromatic nitrogens is 3. The first-order valence-electron chi connectivity index (χ1n) is 5.73. The number of benzene rings is 2. The molecule has 2 aromatic carbocycles. The normalized spacial score (nSPS) is 10.2. The van der Waals surface area contributed by atoms with Crippen molar-refractivity contribution < 1.29 is 0 Å². The number of nitrogens with zero attached hydrogens (tertiary/aromatic N) is 3. The van der Waals surface area contributed by atoms with Gasteiger partial charge in [0.2, 0.25) is 0 Å². The van der Waals surface area contributed by atoms with E-state index in [0.29, 0.717) is 0 Å². The zero-order chi connectivity index (χ0) is 12.2. The summed E-state index contributed by atoms with van der Waals surface area (Å²) >= 11 is 0. The molecule has 0 N–H and O–H groups in total. The third-order valence-electron chi connectivity index (χ3n) is 2.71. The van der Waals surface area contributed by atoms with Gasteiger partial charge in [0.1, 0.15) is 17.7 Å². The van der Waals surface area contributed by atoms with Crippen molar-refractivity contribution >= 4 is 0 Å². The van der Waals surface area contributed by atoms with Crippen molar-refractivity contribution in [3.63, 3.8) is 0 Å². The Balaban J connectivity index is 2.18. The van der Waals surface area contributed by atoms with Crippen molar-refractivity contribution in [3.05, 3.63) is 67.0 Å². The predicted molar refractivity (Wildman–Crippen MR) is 70.7 cm³/mol. The summed E-state index contributed by atoms with van der Waals surface area (Å²) in [5, 5.41) is 8.10. The van der Waals surface area contributed by atoms with E-state index in [1.165, 1.54) is 6.33 Å². The summed E-state index contributed by atoms with van der Waals surface area (Å²) in [6, 6.07) is 20.0. The Morgan fingerprint density at radius 3 is 1.78 bits per heavy atom. The highest BCUT2D eigenvalue weighted by Gasteiger charge is 2.09. The zero-order valence-corrected chi connectivity index (χ0v) is 9.69. The average molecular weight is 233 g/mol. The largest absolute Gasteiger partial charge is 0.232 e. The summed E-state index contributed by atoms with van der Waals surface area (Å²) in [4.78, 5) is 4.35. The Kier molecular flexibility index (Phi) is 2.80. The Hall–Kier alpha value is -2.55. The van der Waals surface area contributed by atoms with E-state index in [4.69, 9.17) is 0 Å². The van der Waals surface area contributed by atoms with Gasteiger partial charge in [0.05, 0.1) is 0 Å². The van der Waals surface area contributed by atoms with Gasteiger partial charge in [-0.25, -0.2) is 4.98 Å². The van der Waals surface area contributed by atoms with Crippen molar-refractivity contribution in [3.8, 4) is 22.5 Å². The monoisotopic (exact) mass is 233 g/mol. The van der Waals surface area contributed by atoms with Crippen molar-refractivity contribution in [2.24, 2.45) is 0 Å². The highest BCUT2D eigenvalue weighted by molar-refractivity contribution is 5.76. The van der Waals surface area contributed by atoms with Crippen LogP contribution in [0.5, 0.6) is 0 Å². The summed E-state index contributed by atoms with van der Waals surface area (Å²) in [6.07, 6.45) is 1.48. The average Bonchev–Trinajstić information content (AvgIpc) is 2.49. The SMILES string of the molecule is c1ccc(-c2ncnnc2-c2ccccc2)cc1. The molecule has 0 bridgehead atoms. The summed E-state index contributed by atoms with van der Waals surface area (Å²) in [6.45, 7) is 0. The molecule has 0 fully saturated rings. The van der Waals surface area contributed by atoms with Crippen LogP contribution in [0.1, 0.15) is 0 Å². The molecule has 3 heteroatoms. The molecule has 18 heavy (non-hydrogen) atoms. The van der Waals surface area contributed by atoms with Gasteiger partial charge in [0.15, 0.2) is 0 Å². The molecule has 0 radical (unpaired) electrons. The highest BCUT2D eigenvalue weighted by Crippen LogP contribution is 2.26. The van der Waals surface area contributed by atoms with Crippen LogP contribution in [0.3, 0.4) is 0 Å². The first-order chi connectivity index (χ1) is 8.95. The molecule has 0 aliphatic carbocycles. The fourth-order valence-electron chi connectivity index (χ4n) is 1.87. The second-order valence-electron chi connectivity index (χ2n) is 3.89. The molecule has 0 saturated heterocycles. The lowest BCUT2D eigenvalue weighted by Gasteiger charge is -2.06. The van der Waals surface area contributed by atoms with Gasteiger partial charge in [-0.15, -0.1) is 10.2 Å². The van der Waals surface area contributed by atoms with Crippen LogP contribution in [0.2, 0.25) is 0 Å². The van der Waals surface area contributed by atoms with Crippen LogP contribution >= 0.6 is 0 Å². The van der Waals surface area contributed by atoms with Crippen LogP contribution < -0.4 is 0 Å². The van der Waals surface area contributed by atoms with Crippen LogP contribution in [0.15, 0.2) is 67.0 Å². The molecule has 0 aliphatic heterocycles. The molecule has 0 unspecified atom stereocenters. The van der Waals surface area contributed by atoms with Crippen LogP contribution in [-0.2, 0) is 0 Å². The summed E-state index contributed by atoms with van der Waals surface area (Å²) in [5.41, 5.74) is 3.74. The second-order valence-corrected chi connectivity index (χ2v) is 3.89. The van der Waals surface area contributed by atoms with Gasteiger partial charge in [-0.1, -0.05) is 60.7 Å². The van der Waals surface area contributed by atoms with E-state index < -0.39 is 0 Å². The quantitative estimate of drug-likeness (QED) is 0.682. The topological polar surface area (TPSA) is 38.7 Å². The van der Waals surface area contributed by atoms with Gasteiger partial charge < -0.3 is 0 Å². The molecule has 3 rings (SSSR count). The molecule has 0 spiro atoms. The summed E-state index contributed by atoms with van der Waals surface area (Å²) in [7, 11) is 0. The minimum atomic E-state index is 0.810. The Morgan fingerprint density at radius 2 is 1.17 bits per heavy atom. The maximum atomic E-state index is 4.35. The van der Waals surface area contributed by atoms with Crippen LogP contribution in [0.4, 0.5) is 0 Å². The summed E-state index contributed by atoms with van der Waals surface area (Å²) < 4.78 is 0. The van der Waals surface area contributed by atoms with E-state index in [9.17, 15) is 0 Å². The zero-order valence-electron chi connectivity index (χ0n) is 9.69. The van der Waals surface area contributed by atoms with Crippen LogP contribution in [-0.4, -0.2) is 15.2 Å². The van der Waals surface area contributed by atoms with Gasteiger partial charge in [-0.3, -0.25) is 0 Å². The maximum Gasteiger partial charge on any atom is 0.138 e. The van der Waals surface area contributed by atoms with Gasteiger partial charge in [0, 0.05) is 11.1 Å². The Labute approximate surface area is 105 Å². The van der Waals surface area contributed by atoms with Crippen molar-refractivity contribution in [1.82, 2.24) is 15.2 Å². The van der Waals surface area contributed by atoms with Crippen LogP contribution in [0, 0.1) is 0 Å². The first kappa shape index (κ1) is 10.6. The Morgan fingerprint density at radius 1 is 0.611 bits per heavy atom. The first-order valence-corrected chi connectivity index (χ1v) is 5.73. The number of rotatable bonds is 2. The number of hydrogen-bond acceptors (Lipinski definition) is 3. The third-order valence-corrected chi connectivity index (χ3v) is 2.71. The molecule has 0 saturated carbocycles. The van der Waals surface area contributed by atoms with Gasteiger partial charge in [0.25, 0.3) is 0 Å².